The Balaban J connectivity index is 3.80. The summed E-state index contributed by atoms with van der Waals surface area (Å²) in [6.45, 7) is 4.13. The fourth-order valence-electron chi connectivity index (χ4n) is 4.51. The molecule has 0 aliphatic heterocycles. The molecule has 0 saturated heterocycles. The van der Waals surface area contributed by atoms with Crippen LogP contribution in [0.15, 0.2) is 72.9 Å². The molecular formula is C38H65NO3. The van der Waals surface area contributed by atoms with Crippen LogP contribution in [0.25, 0.3) is 0 Å². The SMILES string of the molecule is CC/C=C\C/C=C\C/C=C\CCCCCCCC(=O)NC(CO)C(O)/C=C/CC/C=C/CC/C=C/CCCCCCC. The molecule has 0 aromatic carbocycles. The van der Waals surface area contributed by atoms with Gasteiger partial charge in [-0.2, -0.15) is 0 Å². The van der Waals surface area contributed by atoms with Gasteiger partial charge in [-0.05, 0) is 77.0 Å². The number of carbonyl (C=O) groups is 1. The topological polar surface area (TPSA) is 69.6 Å². The predicted molar refractivity (Wildman–Crippen MR) is 184 cm³/mol. The molecule has 4 nitrogen and oxygen atoms in total. The van der Waals surface area contributed by atoms with Crippen molar-refractivity contribution in [2.45, 2.75) is 154 Å². The lowest BCUT2D eigenvalue weighted by Gasteiger charge is -2.19. The van der Waals surface area contributed by atoms with Gasteiger partial charge in [0.05, 0.1) is 18.8 Å². The molecule has 0 bridgehead atoms. The van der Waals surface area contributed by atoms with Gasteiger partial charge in [-0.25, -0.2) is 0 Å². The van der Waals surface area contributed by atoms with Crippen molar-refractivity contribution in [3.63, 3.8) is 0 Å². The maximum Gasteiger partial charge on any atom is 0.220 e. The van der Waals surface area contributed by atoms with Crippen LogP contribution in [0, 0.1) is 0 Å². The number of nitrogens with one attached hydrogen (secondary N) is 1. The zero-order chi connectivity index (χ0) is 30.8. The van der Waals surface area contributed by atoms with Crippen molar-refractivity contribution in [3.8, 4) is 0 Å². The summed E-state index contributed by atoms with van der Waals surface area (Å²) in [6.07, 6.45) is 46.9. The Morgan fingerprint density at radius 3 is 1.67 bits per heavy atom. The number of amides is 1. The number of aliphatic hydroxyl groups excluding tert-OH is 2. The van der Waals surface area contributed by atoms with Gasteiger partial charge in [0.15, 0.2) is 0 Å². The Morgan fingerprint density at radius 2 is 1.07 bits per heavy atom. The smallest absolute Gasteiger partial charge is 0.220 e. The monoisotopic (exact) mass is 583 g/mol. The van der Waals surface area contributed by atoms with Crippen molar-refractivity contribution in [1.82, 2.24) is 5.32 Å². The lowest BCUT2D eigenvalue weighted by Crippen LogP contribution is -2.45. The van der Waals surface area contributed by atoms with Crippen LogP contribution in [-0.2, 0) is 4.79 Å². The first-order valence-electron chi connectivity index (χ1n) is 17.2. The van der Waals surface area contributed by atoms with Crippen molar-refractivity contribution >= 4 is 5.91 Å². The molecule has 3 N–H and O–H groups in total. The molecule has 0 rings (SSSR count). The Labute approximate surface area is 259 Å². The highest BCUT2D eigenvalue weighted by Gasteiger charge is 2.17. The fourth-order valence-corrected chi connectivity index (χ4v) is 4.51. The average molecular weight is 584 g/mol. The molecule has 42 heavy (non-hydrogen) atoms. The summed E-state index contributed by atoms with van der Waals surface area (Å²) in [7, 11) is 0. The van der Waals surface area contributed by atoms with E-state index in [1.54, 1.807) is 6.08 Å². The minimum atomic E-state index is -0.878. The van der Waals surface area contributed by atoms with Gasteiger partial charge in [-0.15, -0.1) is 0 Å². The molecule has 2 unspecified atom stereocenters. The largest absolute Gasteiger partial charge is 0.394 e. The summed E-state index contributed by atoms with van der Waals surface area (Å²) in [4.78, 5) is 12.3. The second kappa shape index (κ2) is 33.3. The lowest BCUT2D eigenvalue weighted by molar-refractivity contribution is -0.123. The van der Waals surface area contributed by atoms with E-state index < -0.39 is 12.1 Å². The molecule has 0 fully saturated rings. The minimum absolute atomic E-state index is 0.101. The first-order valence-corrected chi connectivity index (χ1v) is 17.2. The maximum atomic E-state index is 12.3. The average Bonchev–Trinajstić information content (AvgIpc) is 2.99. The van der Waals surface area contributed by atoms with Gasteiger partial charge in [-0.3, -0.25) is 4.79 Å². The molecule has 240 valence electrons. The molecule has 0 saturated carbocycles. The van der Waals surface area contributed by atoms with E-state index >= 15 is 0 Å². The Morgan fingerprint density at radius 1 is 0.595 bits per heavy atom. The number of allylic oxidation sites excluding steroid dienone is 11. The van der Waals surface area contributed by atoms with Gasteiger partial charge in [0, 0.05) is 6.42 Å². The lowest BCUT2D eigenvalue weighted by atomic mass is 10.1. The standard InChI is InChI=1S/C38H65NO3/c1-3-5-7-9-11-13-15-17-19-21-23-25-27-29-31-33-37(41)36(35-40)39-38(42)34-32-30-28-26-24-22-20-18-16-14-12-10-8-6-4-2/h6,8,12,14-15,17-18,20,23,25,31,33,36-37,40-41H,3-5,7,9-11,13,16,19,21-22,24,26-30,32,34-35H2,1-2H3,(H,39,42)/b8-6-,14-12-,17-15+,20-18-,25-23+,33-31+. The zero-order valence-corrected chi connectivity index (χ0v) is 27.2. The predicted octanol–water partition coefficient (Wildman–Crippen LogP) is 10.0. The highest BCUT2D eigenvalue weighted by Crippen LogP contribution is 2.09. The van der Waals surface area contributed by atoms with Crippen LogP contribution < -0.4 is 5.32 Å². The molecule has 0 aromatic rings. The van der Waals surface area contributed by atoms with Gasteiger partial charge in [-0.1, -0.05) is 132 Å². The minimum Gasteiger partial charge on any atom is -0.394 e. The van der Waals surface area contributed by atoms with E-state index in [-0.39, 0.29) is 12.5 Å². The third-order valence-electron chi connectivity index (χ3n) is 7.15. The van der Waals surface area contributed by atoms with Crippen molar-refractivity contribution in [2.24, 2.45) is 0 Å². The van der Waals surface area contributed by atoms with E-state index in [0.717, 1.165) is 70.6 Å². The van der Waals surface area contributed by atoms with Gasteiger partial charge in [0.2, 0.25) is 5.91 Å². The van der Waals surface area contributed by atoms with Crippen molar-refractivity contribution < 1.29 is 15.0 Å². The van der Waals surface area contributed by atoms with E-state index in [2.05, 4.69) is 79.9 Å². The number of aliphatic hydroxyl groups is 2. The van der Waals surface area contributed by atoms with Crippen LogP contribution in [0.4, 0.5) is 0 Å². The van der Waals surface area contributed by atoms with E-state index in [1.807, 2.05) is 6.08 Å². The molecule has 0 aliphatic carbocycles. The molecule has 0 heterocycles. The first-order chi connectivity index (χ1) is 20.7. The number of hydrogen-bond donors (Lipinski definition) is 3. The van der Waals surface area contributed by atoms with E-state index in [1.165, 1.54) is 51.4 Å². The summed E-state index contributed by atoms with van der Waals surface area (Å²) >= 11 is 0. The second-order valence-corrected chi connectivity index (χ2v) is 11.2. The summed E-state index contributed by atoms with van der Waals surface area (Å²) in [5.41, 5.74) is 0. The van der Waals surface area contributed by atoms with Crippen LogP contribution in [0.5, 0.6) is 0 Å². The molecule has 0 aliphatic rings. The third-order valence-corrected chi connectivity index (χ3v) is 7.15. The molecule has 0 radical (unpaired) electrons. The molecular weight excluding hydrogens is 518 g/mol. The van der Waals surface area contributed by atoms with Crippen LogP contribution in [0.3, 0.4) is 0 Å². The van der Waals surface area contributed by atoms with E-state index in [0.29, 0.717) is 6.42 Å². The van der Waals surface area contributed by atoms with Crippen molar-refractivity contribution in [3.05, 3.63) is 72.9 Å². The van der Waals surface area contributed by atoms with Crippen LogP contribution in [-0.4, -0.2) is 34.9 Å². The second-order valence-electron chi connectivity index (χ2n) is 11.2. The summed E-state index contributed by atoms with van der Waals surface area (Å²) in [6, 6.07) is -0.655. The van der Waals surface area contributed by atoms with E-state index in [9.17, 15) is 15.0 Å². The molecule has 2 atom stereocenters. The highest BCUT2D eigenvalue weighted by atomic mass is 16.3. The van der Waals surface area contributed by atoms with Crippen LogP contribution in [0.2, 0.25) is 0 Å². The number of carbonyl (C=O) groups excluding carboxylic acids is 1. The molecule has 1 amide bonds. The quantitative estimate of drug-likeness (QED) is 0.0606. The van der Waals surface area contributed by atoms with Gasteiger partial charge < -0.3 is 15.5 Å². The zero-order valence-electron chi connectivity index (χ0n) is 27.2. The van der Waals surface area contributed by atoms with E-state index in [4.69, 9.17) is 0 Å². The number of rotatable bonds is 29. The van der Waals surface area contributed by atoms with Crippen molar-refractivity contribution in [1.29, 1.82) is 0 Å². The Hall–Kier alpha value is -2.17. The Kier molecular flexibility index (Phi) is 31.6. The summed E-state index contributed by atoms with van der Waals surface area (Å²) in [5, 5.41) is 22.8. The molecule has 0 aromatic heterocycles. The summed E-state index contributed by atoms with van der Waals surface area (Å²) < 4.78 is 0. The van der Waals surface area contributed by atoms with Gasteiger partial charge >= 0.3 is 0 Å². The molecule has 0 spiro atoms. The van der Waals surface area contributed by atoms with Gasteiger partial charge in [0.25, 0.3) is 0 Å². The third kappa shape index (κ3) is 29.3. The summed E-state index contributed by atoms with van der Waals surface area (Å²) in [5.74, 6) is -0.101. The molecule has 4 heteroatoms. The maximum absolute atomic E-state index is 12.3. The normalized spacial score (nSPS) is 14.1. The van der Waals surface area contributed by atoms with Crippen LogP contribution >= 0.6 is 0 Å². The Bertz CT molecular complexity index is 762. The highest BCUT2D eigenvalue weighted by molar-refractivity contribution is 5.76. The number of hydrogen-bond acceptors (Lipinski definition) is 3. The van der Waals surface area contributed by atoms with Crippen LogP contribution in [0.1, 0.15) is 142 Å². The first kappa shape index (κ1) is 39.8. The van der Waals surface area contributed by atoms with Crippen molar-refractivity contribution in [2.75, 3.05) is 6.61 Å². The fraction of sp³-hybridized carbons (Fsp3) is 0.658. The number of unbranched alkanes of at least 4 members (excludes halogenated alkanes) is 12. The van der Waals surface area contributed by atoms with Gasteiger partial charge in [0.1, 0.15) is 0 Å².